The fourth-order valence-corrected chi connectivity index (χ4v) is 3.76. The van der Waals surface area contributed by atoms with Gasteiger partial charge in [-0.3, -0.25) is 9.59 Å². The van der Waals surface area contributed by atoms with E-state index < -0.39 is 0 Å². The normalized spacial score (nSPS) is 13.4. The topological polar surface area (TPSA) is 62.0 Å². The molecule has 0 unspecified atom stereocenters. The molecule has 1 heterocycles. The number of nitrogens with one attached hydrogen (secondary N) is 2. The summed E-state index contributed by atoms with van der Waals surface area (Å²) in [7, 11) is 0. The van der Waals surface area contributed by atoms with Crippen LogP contribution in [0.4, 0.5) is 5.69 Å². The van der Waals surface area contributed by atoms with Crippen molar-refractivity contribution in [1.29, 1.82) is 0 Å². The molecule has 132 valence electrons. The number of H-pyrrole nitrogens is 1. The van der Waals surface area contributed by atoms with Crippen LogP contribution in [0.15, 0.2) is 47.3 Å². The highest BCUT2D eigenvalue weighted by Gasteiger charge is 2.16. The van der Waals surface area contributed by atoms with Crippen molar-refractivity contribution in [1.82, 2.24) is 4.98 Å². The van der Waals surface area contributed by atoms with Gasteiger partial charge >= 0.3 is 0 Å². The molecule has 26 heavy (non-hydrogen) atoms. The van der Waals surface area contributed by atoms with Gasteiger partial charge in [0, 0.05) is 21.7 Å². The Bertz CT molecular complexity index is 1040. The number of aryl methyl sites for hydroxylation is 1. The summed E-state index contributed by atoms with van der Waals surface area (Å²) < 4.78 is 0. The fourth-order valence-electron chi connectivity index (χ4n) is 3.63. The van der Waals surface area contributed by atoms with E-state index >= 15 is 0 Å². The Morgan fingerprint density at radius 3 is 2.54 bits per heavy atom. The van der Waals surface area contributed by atoms with Crippen molar-refractivity contribution >= 4 is 34.1 Å². The Kier molecular flexibility index (Phi) is 4.51. The van der Waals surface area contributed by atoms with Gasteiger partial charge in [-0.15, -0.1) is 0 Å². The summed E-state index contributed by atoms with van der Waals surface area (Å²) in [6, 6.07) is 13.0. The molecule has 0 saturated carbocycles. The Morgan fingerprint density at radius 1 is 1.04 bits per heavy atom. The maximum absolute atomic E-state index is 12.3. The SMILES string of the molecule is O=C(Cc1ccc(Cl)cc1)Nc1ccc2c3c(c(=O)[nH]c2c1)CCCC3. The second-order valence-corrected chi connectivity index (χ2v) is 7.17. The lowest BCUT2D eigenvalue weighted by molar-refractivity contribution is -0.115. The minimum absolute atomic E-state index is 0.00293. The number of hydrogen-bond donors (Lipinski definition) is 2. The Balaban J connectivity index is 1.58. The monoisotopic (exact) mass is 366 g/mol. The number of carbonyl (C=O) groups is 1. The molecule has 1 aliphatic carbocycles. The molecule has 4 rings (SSSR count). The number of aromatic amines is 1. The zero-order chi connectivity index (χ0) is 18.1. The number of anilines is 1. The molecule has 0 fully saturated rings. The van der Waals surface area contributed by atoms with E-state index in [2.05, 4.69) is 10.3 Å². The second-order valence-electron chi connectivity index (χ2n) is 6.73. The quantitative estimate of drug-likeness (QED) is 0.728. The van der Waals surface area contributed by atoms with Crippen LogP contribution in [0.25, 0.3) is 10.9 Å². The smallest absolute Gasteiger partial charge is 0.251 e. The third kappa shape index (κ3) is 3.37. The van der Waals surface area contributed by atoms with Crippen molar-refractivity contribution in [3.63, 3.8) is 0 Å². The average Bonchev–Trinajstić information content (AvgIpc) is 2.64. The molecular formula is C21H19ClN2O2. The number of fused-ring (bicyclic) bond motifs is 3. The van der Waals surface area contributed by atoms with Crippen molar-refractivity contribution in [2.24, 2.45) is 0 Å². The van der Waals surface area contributed by atoms with Crippen molar-refractivity contribution in [2.75, 3.05) is 5.32 Å². The van der Waals surface area contributed by atoms with Gasteiger partial charge in [0.25, 0.3) is 5.56 Å². The minimum Gasteiger partial charge on any atom is -0.326 e. The van der Waals surface area contributed by atoms with Gasteiger partial charge in [0.15, 0.2) is 0 Å². The first kappa shape index (κ1) is 16.9. The Hall–Kier alpha value is -2.59. The van der Waals surface area contributed by atoms with E-state index in [9.17, 15) is 9.59 Å². The van der Waals surface area contributed by atoms with Gasteiger partial charge in [0.2, 0.25) is 5.91 Å². The summed E-state index contributed by atoms with van der Waals surface area (Å²) in [5.41, 5.74) is 4.44. The van der Waals surface area contributed by atoms with Crippen molar-refractivity contribution < 1.29 is 4.79 Å². The lowest BCUT2D eigenvalue weighted by Gasteiger charge is -2.17. The molecule has 0 radical (unpaired) electrons. The summed E-state index contributed by atoms with van der Waals surface area (Å²) in [6.07, 6.45) is 4.25. The van der Waals surface area contributed by atoms with E-state index in [0.29, 0.717) is 10.7 Å². The molecular weight excluding hydrogens is 348 g/mol. The van der Waals surface area contributed by atoms with Crippen LogP contribution in [0.3, 0.4) is 0 Å². The van der Waals surface area contributed by atoms with Crippen LogP contribution in [0, 0.1) is 0 Å². The largest absolute Gasteiger partial charge is 0.326 e. The highest BCUT2D eigenvalue weighted by molar-refractivity contribution is 6.30. The van der Waals surface area contributed by atoms with Gasteiger partial charge in [-0.2, -0.15) is 0 Å². The molecule has 5 heteroatoms. The summed E-state index contributed by atoms with van der Waals surface area (Å²) in [6.45, 7) is 0. The number of pyridine rings is 1. The van der Waals surface area contributed by atoms with Gasteiger partial charge in [-0.25, -0.2) is 0 Å². The van der Waals surface area contributed by atoms with E-state index in [1.807, 2.05) is 30.3 Å². The maximum atomic E-state index is 12.3. The summed E-state index contributed by atoms with van der Waals surface area (Å²) in [5.74, 6) is -0.105. The number of carbonyl (C=O) groups excluding carboxylic acids is 1. The molecule has 0 saturated heterocycles. The third-order valence-electron chi connectivity index (χ3n) is 4.90. The molecule has 2 N–H and O–H groups in total. The third-order valence-corrected chi connectivity index (χ3v) is 5.15. The number of benzene rings is 2. The molecule has 4 nitrogen and oxygen atoms in total. The highest BCUT2D eigenvalue weighted by Crippen LogP contribution is 2.27. The molecule has 2 aromatic carbocycles. The summed E-state index contributed by atoms with van der Waals surface area (Å²) >= 11 is 5.87. The standard InChI is InChI=1S/C21H19ClN2O2/c22-14-7-5-13(6-8-14)11-20(25)23-15-9-10-17-16-3-1-2-4-18(16)21(26)24-19(17)12-15/h5-10,12H,1-4,11H2,(H,23,25)(H,24,26). The first-order chi connectivity index (χ1) is 12.6. The van der Waals surface area contributed by atoms with Crippen LogP contribution in [-0.2, 0) is 24.1 Å². The van der Waals surface area contributed by atoms with E-state index in [0.717, 1.165) is 53.3 Å². The number of halogens is 1. The second kappa shape index (κ2) is 6.96. The van der Waals surface area contributed by atoms with E-state index in [1.54, 1.807) is 12.1 Å². The van der Waals surface area contributed by atoms with Gasteiger partial charge in [0.05, 0.1) is 11.9 Å². The maximum Gasteiger partial charge on any atom is 0.251 e. The van der Waals surface area contributed by atoms with Crippen LogP contribution in [0.5, 0.6) is 0 Å². The molecule has 1 aliphatic rings. The molecule has 0 spiro atoms. The van der Waals surface area contributed by atoms with Crippen molar-refractivity contribution in [2.45, 2.75) is 32.1 Å². The average molecular weight is 367 g/mol. The summed E-state index contributed by atoms with van der Waals surface area (Å²) in [4.78, 5) is 27.6. The van der Waals surface area contributed by atoms with Crippen LogP contribution in [0.2, 0.25) is 5.02 Å². The molecule has 1 amide bonds. The zero-order valence-electron chi connectivity index (χ0n) is 14.3. The Labute approximate surface area is 156 Å². The number of amides is 1. The first-order valence-corrected chi connectivity index (χ1v) is 9.20. The van der Waals surface area contributed by atoms with Crippen molar-refractivity contribution in [3.8, 4) is 0 Å². The molecule has 3 aromatic rings. The number of rotatable bonds is 3. The van der Waals surface area contributed by atoms with Crippen LogP contribution in [-0.4, -0.2) is 10.9 Å². The first-order valence-electron chi connectivity index (χ1n) is 8.82. The lowest BCUT2D eigenvalue weighted by atomic mass is 9.90. The van der Waals surface area contributed by atoms with Gasteiger partial charge in [-0.1, -0.05) is 29.8 Å². The van der Waals surface area contributed by atoms with E-state index in [4.69, 9.17) is 11.6 Å². The number of aromatic nitrogens is 1. The van der Waals surface area contributed by atoms with E-state index in [-0.39, 0.29) is 17.9 Å². The zero-order valence-corrected chi connectivity index (χ0v) is 15.0. The van der Waals surface area contributed by atoms with Crippen molar-refractivity contribution in [3.05, 3.63) is 74.5 Å². The number of hydrogen-bond acceptors (Lipinski definition) is 2. The van der Waals surface area contributed by atoms with Gasteiger partial charge in [-0.05, 0) is 61.1 Å². The van der Waals surface area contributed by atoms with Crippen LogP contribution in [0.1, 0.15) is 29.5 Å². The lowest BCUT2D eigenvalue weighted by Crippen LogP contribution is -2.19. The van der Waals surface area contributed by atoms with Gasteiger partial charge in [0.1, 0.15) is 0 Å². The molecule has 0 bridgehead atoms. The van der Waals surface area contributed by atoms with Crippen LogP contribution >= 0.6 is 11.6 Å². The molecule has 0 aliphatic heterocycles. The predicted molar refractivity (Wildman–Crippen MR) is 105 cm³/mol. The van der Waals surface area contributed by atoms with E-state index in [1.165, 1.54) is 0 Å². The molecule has 1 aromatic heterocycles. The minimum atomic E-state index is -0.105. The van der Waals surface area contributed by atoms with Gasteiger partial charge < -0.3 is 10.3 Å². The van der Waals surface area contributed by atoms with Crippen LogP contribution < -0.4 is 10.9 Å². The Morgan fingerprint density at radius 2 is 1.77 bits per heavy atom. The highest BCUT2D eigenvalue weighted by atomic mass is 35.5. The molecule has 0 atom stereocenters. The fraction of sp³-hybridized carbons (Fsp3) is 0.238. The predicted octanol–water partition coefficient (Wildman–Crippen LogP) is 4.24. The summed E-state index contributed by atoms with van der Waals surface area (Å²) in [5, 5.41) is 4.63.